The lowest BCUT2D eigenvalue weighted by Crippen LogP contribution is -2.73. The van der Waals surface area contributed by atoms with Crippen LogP contribution in [-0.2, 0) is 19.2 Å². The molecule has 0 aromatic heterocycles. The van der Waals surface area contributed by atoms with E-state index in [1.807, 2.05) is 0 Å². The quantitative estimate of drug-likeness (QED) is 0.287. The lowest BCUT2D eigenvalue weighted by Gasteiger charge is -2.40. The Morgan fingerprint density at radius 1 is 1.11 bits per heavy atom. The predicted molar refractivity (Wildman–Crippen MR) is 60.0 cm³/mol. The average molecular weight is 279 g/mol. The van der Waals surface area contributed by atoms with Crippen LogP contribution in [-0.4, -0.2) is 67.5 Å². The minimum Gasteiger partial charge on any atom is -0.394 e. The van der Waals surface area contributed by atoms with E-state index in [9.17, 15) is 34.5 Å². The molecule has 0 fully saturated rings. The van der Waals surface area contributed by atoms with Crippen molar-refractivity contribution in [3.63, 3.8) is 0 Å². The van der Waals surface area contributed by atoms with Crippen molar-refractivity contribution in [1.29, 1.82) is 0 Å². The number of carbonyl (C=O) groups is 4. The van der Waals surface area contributed by atoms with Crippen molar-refractivity contribution in [2.45, 2.75) is 38.0 Å². The molecule has 0 rings (SSSR count). The lowest BCUT2D eigenvalue weighted by molar-refractivity contribution is -0.207. The van der Waals surface area contributed by atoms with E-state index < -0.39 is 67.7 Å². The number of rotatable bonds is 7. The van der Waals surface area contributed by atoms with Gasteiger partial charge in [-0.3, -0.25) is 19.2 Å². The molecular formula is C11H16O8. The summed E-state index contributed by atoms with van der Waals surface area (Å²) in [5, 5.41) is 38.9. The number of aliphatic hydroxyl groups is 4. The van der Waals surface area contributed by atoms with Crippen molar-refractivity contribution in [1.82, 2.24) is 0 Å². The summed E-state index contributed by atoms with van der Waals surface area (Å²) in [6.45, 7) is -5.27. The van der Waals surface area contributed by atoms with Crippen molar-refractivity contribution in [3.05, 3.63) is 0 Å². The first-order valence-electron chi connectivity index (χ1n) is 6.97. The third-order valence-electron chi connectivity index (χ3n) is 2.62. The Morgan fingerprint density at radius 2 is 1.63 bits per heavy atom. The number of Topliss-reactive ketones (excluding diaryl/α,β-unsaturated/α-hetero) is 4. The molecule has 19 heavy (non-hydrogen) atoms. The van der Waals surface area contributed by atoms with Gasteiger partial charge in [0.15, 0.2) is 23.0 Å². The largest absolute Gasteiger partial charge is 0.394 e. The van der Waals surface area contributed by atoms with Crippen LogP contribution in [0, 0.1) is 0 Å². The SMILES string of the molecule is [2H]CC(=O)C(=O)[C@@](O)(C(=O)C[2H])[C@@](O)(C(=O)C[2H])[C@H](O)CO. The highest BCUT2D eigenvalue weighted by molar-refractivity contribution is 6.45. The number of hydrogen-bond acceptors (Lipinski definition) is 8. The maximum absolute atomic E-state index is 11.9. The Balaban J connectivity index is 6.46. The molecule has 0 heterocycles. The van der Waals surface area contributed by atoms with E-state index >= 15 is 0 Å². The molecule has 8 nitrogen and oxygen atoms in total. The van der Waals surface area contributed by atoms with Crippen LogP contribution in [0.3, 0.4) is 0 Å². The van der Waals surface area contributed by atoms with Crippen LogP contribution in [0.25, 0.3) is 0 Å². The van der Waals surface area contributed by atoms with Gasteiger partial charge in [0.1, 0.15) is 6.10 Å². The summed E-state index contributed by atoms with van der Waals surface area (Å²) in [6.07, 6.45) is -2.58. The summed E-state index contributed by atoms with van der Waals surface area (Å²) in [7, 11) is 0. The van der Waals surface area contributed by atoms with Crippen molar-refractivity contribution < 1.29 is 43.7 Å². The van der Waals surface area contributed by atoms with Crippen molar-refractivity contribution in [2.75, 3.05) is 6.61 Å². The standard InChI is InChI=1S/C11H16O8/c1-5(13)9(17)11(19,7(3)15)10(18,6(2)14)8(16)4-12/h8,12,16,18-19H,4H2,1-3H3/t8-,10-,11+/m1/s1/i1D,2D,3D. The van der Waals surface area contributed by atoms with Crippen LogP contribution in [0.4, 0.5) is 0 Å². The Labute approximate surface area is 112 Å². The topological polar surface area (TPSA) is 149 Å². The van der Waals surface area contributed by atoms with Gasteiger partial charge in [0, 0.05) is 11.0 Å². The highest BCUT2D eigenvalue weighted by Crippen LogP contribution is 2.30. The zero-order valence-electron chi connectivity index (χ0n) is 12.8. The molecule has 0 saturated heterocycles. The Kier molecular flexibility index (Phi) is 3.74. The fourth-order valence-corrected chi connectivity index (χ4v) is 1.47. The number of hydrogen-bond donors (Lipinski definition) is 4. The van der Waals surface area contributed by atoms with E-state index in [1.54, 1.807) is 0 Å². The van der Waals surface area contributed by atoms with Crippen LogP contribution in [0.15, 0.2) is 0 Å². The van der Waals surface area contributed by atoms with E-state index in [2.05, 4.69) is 0 Å². The molecule has 0 saturated carbocycles. The number of carbonyl (C=O) groups excluding carboxylic acids is 4. The third kappa shape index (κ3) is 2.47. The fraction of sp³-hybridized carbons (Fsp3) is 0.636. The van der Waals surface area contributed by atoms with Crippen LogP contribution in [0.5, 0.6) is 0 Å². The zero-order chi connectivity index (χ0) is 17.7. The zero-order valence-corrected chi connectivity index (χ0v) is 9.83. The maximum Gasteiger partial charge on any atom is 0.240 e. The smallest absolute Gasteiger partial charge is 0.240 e. The van der Waals surface area contributed by atoms with Gasteiger partial charge >= 0.3 is 0 Å². The Morgan fingerprint density at radius 3 is 2.00 bits per heavy atom. The van der Waals surface area contributed by atoms with Crippen LogP contribution in [0.2, 0.25) is 0 Å². The molecule has 0 aromatic carbocycles. The van der Waals surface area contributed by atoms with Crippen LogP contribution >= 0.6 is 0 Å². The second-order valence-corrected chi connectivity index (χ2v) is 3.77. The molecule has 0 amide bonds. The minimum absolute atomic E-state index is 1.23. The monoisotopic (exact) mass is 279 g/mol. The second kappa shape index (κ2) is 5.66. The fourth-order valence-electron chi connectivity index (χ4n) is 1.47. The Hall–Kier alpha value is -1.48. The van der Waals surface area contributed by atoms with Crippen molar-refractivity contribution in [3.8, 4) is 0 Å². The van der Waals surface area contributed by atoms with Gasteiger partial charge in [-0.05, 0) is 13.8 Å². The first-order valence-corrected chi connectivity index (χ1v) is 4.85. The molecule has 4 N–H and O–H groups in total. The highest BCUT2D eigenvalue weighted by Gasteiger charge is 2.65. The second-order valence-electron chi connectivity index (χ2n) is 3.77. The maximum atomic E-state index is 11.9. The minimum atomic E-state index is -3.87. The van der Waals surface area contributed by atoms with Gasteiger partial charge in [0.25, 0.3) is 0 Å². The highest BCUT2D eigenvalue weighted by atomic mass is 16.4. The normalized spacial score (nSPS) is 20.9. The van der Waals surface area contributed by atoms with E-state index in [4.69, 9.17) is 9.22 Å². The molecule has 0 aliphatic rings. The van der Waals surface area contributed by atoms with Crippen molar-refractivity contribution in [2.24, 2.45) is 0 Å². The average Bonchev–Trinajstić information content (AvgIpc) is 2.55. The first kappa shape index (κ1) is 12.5. The number of ketones is 4. The molecule has 0 spiro atoms. The van der Waals surface area contributed by atoms with Gasteiger partial charge in [0.2, 0.25) is 11.4 Å². The lowest BCUT2D eigenvalue weighted by atomic mass is 9.70. The van der Waals surface area contributed by atoms with Crippen LogP contribution in [0.1, 0.15) is 24.8 Å². The van der Waals surface area contributed by atoms with Gasteiger partial charge in [-0.15, -0.1) is 0 Å². The van der Waals surface area contributed by atoms with Gasteiger partial charge in [-0.1, -0.05) is 0 Å². The summed E-state index contributed by atoms with van der Waals surface area (Å²) >= 11 is 0. The summed E-state index contributed by atoms with van der Waals surface area (Å²) in [5.41, 5.74) is -7.56. The summed E-state index contributed by atoms with van der Waals surface area (Å²) in [5.74, 6) is -7.25. The van der Waals surface area contributed by atoms with E-state index in [0.717, 1.165) is 0 Å². The molecule has 0 aliphatic carbocycles. The molecule has 0 radical (unpaired) electrons. The van der Waals surface area contributed by atoms with Crippen LogP contribution < -0.4 is 0 Å². The summed E-state index contributed by atoms with van der Waals surface area (Å²) in [6, 6.07) is 0. The summed E-state index contributed by atoms with van der Waals surface area (Å²) < 4.78 is 20.6. The molecule has 0 aromatic rings. The molecule has 108 valence electrons. The number of aliphatic hydroxyl groups excluding tert-OH is 2. The van der Waals surface area contributed by atoms with Gasteiger partial charge in [-0.2, -0.15) is 0 Å². The third-order valence-corrected chi connectivity index (χ3v) is 2.62. The van der Waals surface area contributed by atoms with Gasteiger partial charge in [-0.25, -0.2) is 0 Å². The Bertz CT molecular complexity index is 482. The first-order chi connectivity index (χ1) is 10.1. The van der Waals surface area contributed by atoms with E-state index in [-0.39, 0.29) is 0 Å². The molecule has 0 unspecified atom stereocenters. The summed E-state index contributed by atoms with van der Waals surface area (Å²) in [4.78, 5) is 46.7. The van der Waals surface area contributed by atoms with E-state index in [0.29, 0.717) is 0 Å². The van der Waals surface area contributed by atoms with Gasteiger partial charge in [0.05, 0.1) is 6.61 Å². The molecule has 3 atom stereocenters. The predicted octanol–water partition coefficient (Wildman–Crippen LogP) is -2.86. The molecule has 0 aliphatic heterocycles. The molecule has 0 bridgehead atoms. The van der Waals surface area contributed by atoms with Gasteiger partial charge < -0.3 is 20.4 Å². The molecule has 8 heteroatoms. The van der Waals surface area contributed by atoms with E-state index in [1.165, 1.54) is 0 Å². The van der Waals surface area contributed by atoms with Crippen molar-refractivity contribution >= 4 is 23.1 Å². The molecular weight excluding hydrogens is 260 g/mol.